The van der Waals surface area contributed by atoms with Gasteiger partial charge in [0.2, 0.25) is 0 Å². The van der Waals surface area contributed by atoms with Gasteiger partial charge in [0.25, 0.3) is 5.56 Å². The number of esters is 1. The molecule has 9 nitrogen and oxygen atoms in total. The molecule has 3 heterocycles. The van der Waals surface area contributed by atoms with E-state index in [1.54, 1.807) is 36.8 Å². The number of nitrogens with one attached hydrogen (secondary N) is 2. The van der Waals surface area contributed by atoms with E-state index < -0.39 is 17.6 Å². The molecule has 0 bridgehead atoms. The van der Waals surface area contributed by atoms with E-state index in [-0.39, 0.29) is 12.0 Å². The first kappa shape index (κ1) is 19.7. The molecule has 0 aliphatic rings. The van der Waals surface area contributed by atoms with Gasteiger partial charge in [-0.05, 0) is 39.0 Å². The Morgan fingerprint density at radius 3 is 2.68 bits per heavy atom. The molecule has 0 saturated carbocycles. The molecule has 28 heavy (non-hydrogen) atoms. The number of nitrogens with zero attached hydrogens (tertiary/aromatic N) is 3. The number of ether oxygens (including phenoxy) is 1. The molecule has 0 aliphatic carbocycles. The van der Waals surface area contributed by atoms with Crippen molar-refractivity contribution in [3.63, 3.8) is 0 Å². The van der Waals surface area contributed by atoms with E-state index in [0.717, 1.165) is 0 Å². The van der Waals surface area contributed by atoms with Crippen molar-refractivity contribution in [1.82, 2.24) is 25.2 Å². The monoisotopic (exact) mass is 385 g/mol. The van der Waals surface area contributed by atoms with Crippen LogP contribution in [-0.4, -0.2) is 44.5 Å². The van der Waals surface area contributed by atoms with Crippen LogP contribution in [0.15, 0.2) is 41.6 Å². The second-order valence-electron chi connectivity index (χ2n) is 7.29. The van der Waals surface area contributed by atoms with Gasteiger partial charge >= 0.3 is 5.97 Å². The first-order valence-corrected chi connectivity index (χ1v) is 8.80. The minimum Gasteiger partial charge on any atom is -0.468 e. The number of hydrogen-bond donors (Lipinski definition) is 2. The number of H-pyrrole nitrogens is 1. The smallest absolute Gasteiger partial charge is 0.325 e. The number of pyridine rings is 2. The van der Waals surface area contributed by atoms with Crippen molar-refractivity contribution in [3.05, 3.63) is 52.8 Å². The Hall–Kier alpha value is -3.04. The van der Waals surface area contributed by atoms with Gasteiger partial charge in [0.15, 0.2) is 0 Å². The van der Waals surface area contributed by atoms with Crippen LogP contribution in [0.3, 0.4) is 0 Å². The lowest BCUT2D eigenvalue weighted by Crippen LogP contribution is -2.43. The molecule has 0 unspecified atom stereocenters. The molecule has 3 aromatic heterocycles. The van der Waals surface area contributed by atoms with Crippen molar-refractivity contribution < 1.29 is 14.4 Å². The van der Waals surface area contributed by atoms with E-state index >= 15 is 0 Å². The third-order valence-electron chi connectivity index (χ3n) is 3.96. The van der Waals surface area contributed by atoms with E-state index in [1.807, 2.05) is 20.8 Å². The summed E-state index contributed by atoms with van der Waals surface area (Å²) in [4.78, 5) is 38.4. The van der Waals surface area contributed by atoms with Crippen LogP contribution in [0, 0.1) is 0 Å². The van der Waals surface area contributed by atoms with Crippen LogP contribution in [0.1, 0.15) is 26.5 Å². The van der Waals surface area contributed by atoms with Gasteiger partial charge in [-0.3, -0.25) is 29.5 Å². The highest BCUT2D eigenvalue weighted by atomic mass is 16.7. The minimum atomic E-state index is -0.704. The first-order valence-electron chi connectivity index (χ1n) is 8.80. The van der Waals surface area contributed by atoms with Crippen molar-refractivity contribution in [2.45, 2.75) is 38.8 Å². The Morgan fingerprint density at radius 1 is 1.29 bits per heavy atom. The summed E-state index contributed by atoms with van der Waals surface area (Å²) in [6.07, 6.45) is 5.01. The number of aromatic amines is 1. The molecule has 0 radical (unpaired) electrons. The minimum absolute atomic E-state index is 0.181. The van der Waals surface area contributed by atoms with Gasteiger partial charge in [0.1, 0.15) is 6.04 Å². The average Bonchev–Trinajstić information content (AvgIpc) is 3.01. The highest BCUT2D eigenvalue weighted by molar-refractivity contribution is 5.77. The van der Waals surface area contributed by atoms with Gasteiger partial charge in [-0.15, -0.1) is 0 Å². The molecule has 1 atom stereocenters. The van der Waals surface area contributed by atoms with Crippen LogP contribution in [0.2, 0.25) is 0 Å². The molecular weight excluding hydrogens is 362 g/mol. The topological polar surface area (TPSA) is 111 Å². The predicted octanol–water partition coefficient (Wildman–Crippen LogP) is 1.51. The number of carbonyl (C=O) groups excluding carboxylic acids is 1. The van der Waals surface area contributed by atoms with Crippen LogP contribution in [-0.2, 0) is 20.8 Å². The number of hydroxylamine groups is 1. The molecule has 0 saturated heterocycles. The number of hydrogen-bond acceptors (Lipinski definition) is 7. The SMILES string of the molecule is COC(=O)[C@H](Cc1ccc(-n2[nH]c3cnccc3c2=O)cn1)NOC(C)(C)C. The fourth-order valence-electron chi connectivity index (χ4n) is 2.59. The fourth-order valence-corrected chi connectivity index (χ4v) is 2.59. The lowest BCUT2D eigenvalue weighted by atomic mass is 10.1. The maximum atomic E-state index is 12.5. The average molecular weight is 385 g/mol. The third kappa shape index (κ3) is 4.44. The Labute approximate surface area is 161 Å². The number of fused-ring (bicyclic) bond motifs is 1. The molecule has 0 amide bonds. The fraction of sp³-hybridized carbons (Fsp3) is 0.368. The van der Waals surface area contributed by atoms with Crippen molar-refractivity contribution in [2.75, 3.05) is 7.11 Å². The Kier molecular flexibility index (Phi) is 5.57. The van der Waals surface area contributed by atoms with Crippen molar-refractivity contribution in [1.29, 1.82) is 0 Å². The summed E-state index contributed by atoms with van der Waals surface area (Å²) in [7, 11) is 1.32. The summed E-state index contributed by atoms with van der Waals surface area (Å²) < 4.78 is 6.23. The van der Waals surface area contributed by atoms with Crippen molar-refractivity contribution >= 4 is 16.9 Å². The highest BCUT2D eigenvalue weighted by Gasteiger charge is 2.23. The maximum Gasteiger partial charge on any atom is 0.325 e. The van der Waals surface area contributed by atoms with Crippen LogP contribution >= 0.6 is 0 Å². The zero-order chi connectivity index (χ0) is 20.3. The molecular formula is C19H23N5O4. The first-order chi connectivity index (χ1) is 13.3. The summed E-state index contributed by atoms with van der Waals surface area (Å²) in [5.41, 5.74) is 3.98. The van der Waals surface area contributed by atoms with E-state index in [2.05, 4.69) is 20.5 Å². The molecule has 9 heteroatoms. The van der Waals surface area contributed by atoms with Crippen molar-refractivity contribution in [3.8, 4) is 5.69 Å². The van der Waals surface area contributed by atoms with Gasteiger partial charge in [-0.1, -0.05) is 0 Å². The van der Waals surface area contributed by atoms with Crippen LogP contribution < -0.4 is 11.0 Å². The van der Waals surface area contributed by atoms with Gasteiger partial charge in [-0.25, -0.2) is 4.68 Å². The Balaban J connectivity index is 1.79. The molecule has 2 N–H and O–H groups in total. The molecule has 0 aliphatic heterocycles. The number of aromatic nitrogens is 4. The number of rotatable bonds is 6. The standard InChI is InChI=1S/C19H23N5O4/c1-19(2,3)28-23-15(18(26)27-4)9-12-5-6-13(10-21-12)24-17(25)14-7-8-20-11-16(14)22-24/h5-8,10-11,15,22-23H,9H2,1-4H3/t15-/m0/s1. The van der Waals surface area contributed by atoms with Crippen LogP contribution in [0.5, 0.6) is 0 Å². The van der Waals surface area contributed by atoms with Gasteiger partial charge in [-0.2, -0.15) is 5.48 Å². The molecule has 3 rings (SSSR count). The molecule has 148 valence electrons. The molecule has 0 fully saturated rings. The predicted molar refractivity (Wildman–Crippen MR) is 103 cm³/mol. The van der Waals surface area contributed by atoms with Gasteiger partial charge < -0.3 is 4.74 Å². The molecule has 0 aromatic carbocycles. The molecule has 0 spiro atoms. The van der Waals surface area contributed by atoms with Gasteiger partial charge in [0, 0.05) is 18.3 Å². The van der Waals surface area contributed by atoms with Gasteiger partial charge in [0.05, 0.1) is 41.7 Å². The van der Waals surface area contributed by atoms with Crippen LogP contribution in [0.25, 0.3) is 16.6 Å². The van der Waals surface area contributed by atoms with E-state index in [1.165, 1.54) is 11.8 Å². The summed E-state index contributed by atoms with van der Waals surface area (Å²) in [6, 6.07) is 4.46. The summed E-state index contributed by atoms with van der Waals surface area (Å²) in [5, 5.41) is 3.55. The van der Waals surface area contributed by atoms with E-state index in [9.17, 15) is 9.59 Å². The van der Waals surface area contributed by atoms with E-state index in [0.29, 0.717) is 22.3 Å². The number of methoxy groups -OCH3 is 1. The lowest BCUT2D eigenvalue weighted by Gasteiger charge is -2.23. The Bertz CT molecular complexity index is 1020. The highest BCUT2D eigenvalue weighted by Crippen LogP contribution is 2.11. The van der Waals surface area contributed by atoms with Crippen LogP contribution in [0.4, 0.5) is 0 Å². The Morgan fingerprint density at radius 2 is 2.07 bits per heavy atom. The maximum absolute atomic E-state index is 12.5. The zero-order valence-electron chi connectivity index (χ0n) is 16.2. The second-order valence-corrected chi connectivity index (χ2v) is 7.29. The quantitative estimate of drug-likeness (QED) is 0.489. The summed E-state index contributed by atoms with van der Waals surface area (Å²) in [6.45, 7) is 5.61. The third-order valence-corrected chi connectivity index (χ3v) is 3.96. The zero-order valence-corrected chi connectivity index (χ0v) is 16.2. The number of carbonyl (C=O) groups is 1. The normalized spacial score (nSPS) is 12.9. The summed E-state index contributed by atoms with van der Waals surface area (Å²) >= 11 is 0. The lowest BCUT2D eigenvalue weighted by molar-refractivity contribution is -0.153. The van der Waals surface area contributed by atoms with E-state index in [4.69, 9.17) is 9.57 Å². The second kappa shape index (κ2) is 7.91. The molecule has 3 aromatic rings. The summed E-state index contributed by atoms with van der Waals surface area (Å²) in [5.74, 6) is -0.450. The van der Waals surface area contributed by atoms with Crippen molar-refractivity contribution in [2.24, 2.45) is 0 Å². The largest absolute Gasteiger partial charge is 0.468 e.